The third kappa shape index (κ3) is 3.36. The molecule has 0 radical (unpaired) electrons. The van der Waals surface area contributed by atoms with Crippen LogP contribution in [-0.4, -0.2) is 16.1 Å². The van der Waals surface area contributed by atoms with Crippen LogP contribution in [0.2, 0.25) is 5.02 Å². The van der Waals surface area contributed by atoms with Crippen molar-refractivity contribution < 1.29 is 9.90 Å². The van der Waals surface area contributed by atoms with Gasteiger partial charge in [0.2, 0.25) is 0 Å². The molecule has 0 spiro atoms. The number of nitrogens with zero attached hydrogens (tertiary/aromatic N) is 1. The van der Waals surface area contributed by atoms with Crippen LogP contribution in [0.15, 0.2) is 30.5 Å². The number of nitrogens with one attached hydrogen (secondary N) is 1. The predicted octanol–water partition coefficient (Wildman–Crippen LogP) is 4.09. The number of carboxylic acids is 1. The second-order valence-corrected chi connectivity index (χ2v) is 5.58. The normalized spacial score (nSPS) is 10.3. The van der Waals surface area contributed by atoms with Gasteiger partial charge in [-0.3, -0.25) is 4.98 Å². The van der Waals surface area contributed by atoms with Gasteiger partial charge in [0.1, 0.15) is 5.56 Å². The lowest BCUT2D eigenvalue weighted by Gasteiger charge is -2.12. The highest BCUT2D eigenvalue weighted by Crippen LogP contribution is 2.29. The average molecular weight is 389 g/mol. The molecule has 4 nitrogen and oxygen atoms in total. The molecule has 98 valence electrons. The van der Waals surface area contributed by atoms with Gasteiger partial charge in [-0.1, -0.05) is 11.6 Å². The van der Waals surface area contributed by atoms with Crippen molar-refractivity contribution in [3.63, 3.8) is 0 Å². The Hall–Kier alpha value is -1.34. The molecule has 1 aromatic heterocycles. The van der Waals surface area contributed by atoms with Crippen LogP contribution >= 0.6 is 34.2 Å². The minimum atomic E-state index is -1.03. The Labute approximate surface area is 129 Å². The molecule has 0 saturated heterocycles. The minimum absolute atomic E-state index is 0.112. The maximum absolute atomic E-state index is 11.2. The van der Waals surface area contributed by atoms with Gasteiger partial charge in [0.25, 0.3) is 0 Å². The first-order valence-electron chi connectivity index (χ1n) is 5.39. The molecule has 1 aromatic carbocycles. The summed E-state index contributed by atoms with van der Waals surface area (Å²) in [6.07, 6.45) is 1.34. The molecule has 0 aliphatic carbocycles. The fourth-order valence-corrected chi connectivity index (χ4v) is 2.23. The molecule has 0 amide bonds. The van der Waals surface area contributed by atoms with Crippen LogP contribution in [0.25, 0.3) is 0 Å². The molecule has 1 heterocycles. The number of anilines is 2. The van der Waals surface area contributed by atoms with Gasteiger partial charge < -0.3 is 10.4 Å². The zero-order chi connectivity index (χ0) is 14.0. The Morgan fingerprint density at radius 1 is 1.37 bits per heavy atom. The van der Waals surface area contributed by atoms with Crippen LogP contribution in [0.1, 0.15) is 16.1 Å². The number of carbonyl (C=O) groups is 1. The maximum Gasteiger partial charge on any atom is 0.339 e. The number of hydrogen-bond donors (Lipinski definition) is 2. The molecule has 2 rings (SSSR count). The van der Waals surface area contributed by atoms with E-state index in [2.05, 4.69) is 32.9 Å². The van der Waals surface area contributed by atoms with Crippen LogP contribution in [0.3, 0.4) is 0 Å². The summed E-state index contributed by atoms with van der Waals surface area (Å²) in [4.78, 5) is 15.1. The molecule has 0 fully saturated rings. The van der Waals surface area contributed by atoms with Crippen molar-refractivity contribution in [1.82, 2.24) is 4.98 Å². The second-order valence-electron chi connectivity index (χ2n) is 3.93. The van der Waals surface area contributed by atoms with Gasteiger partial charge in [0.05, 0.1) is 16.4 Å². The van der Waals surface area contributed by atoms with Crippen molar-refractivity contribution in [2.45, 2.75) is 6.92 Å². The molecule has 0 bridgehead atoms. The van der Waals surface area contributed by atoms with Gasteiger partial charge in [-0.25, -0.2) is 4.79 Å². The average Bonchev–Trinajstić information content (AvgIpc) is 2.33. The van der Waals surface area contributed by atoms with Crippen molar-refractivity contribution in [2.75, 3.05) is 5.32 Å². The third-order valence-electron chi connectivity index (χ3n) is 2.47. The second kappa shape index (κ2) is 5.75. The summed E-state index contributed by atoms with van der Waals surface area (Å²) >= 11 is 8.26. The molecule has 0 aliphatic rings. The smallest absolute Gasteiger partial charge is 0.339 e. The van der Waals surface area contributed by atoms with Crippen molar-refractivity contribution in [3.8, 4) is 0 Å². The van der Waals surface area contributed by atoms with Crippen LogP contribution in [-0.2, 0) is 0 Å². The van der Waals surface area contributed by atoms with Gasteiger partial charge in [-0.15, -0.1) is 0 Å². The Morgan fingerprint density at radius 2 is 2.11 bits per heavy atom. The first kappa shape index (κ1) is 14.1. The van der Waals surface area contributed by atoms with Gasteiger partial charge in [-0.05, 0) is 53.8 Å². The highest BCUT2D eigenvalue weighted by Gasteiger charge is 2.12. The zero-order valence-electron chi connectivity index (χ0n) is 9.95. The quantitative estimate of drug-likeness (QED) is 0.778. The summed E-state index contributed by atoms with van der Waals surface area (Å²) in [7, 11) is 0. The number of carboxylic acid groups (broad SMARTS) is 1. The molecule has 2 aromatic rings. The molecule has 19 heavy (non-hydrogen) atoms. The number of benzene rings is 1. The number of aryl methyl sites for hydroxylation is 1. The largest absolute Gasteiger partial charge is 0.478 e. The highest BCUT2D eigenvalue weighted by atomic mass is 127. The number of rotatable bonds is 3. The van der Waals surface area contributed by atoms with E-state index in [0.717, 1.165) is 9.26 Å². The lowest BCUT2D eigenvalue weighted by Crippen LogP contribution is -2.04. The highest BCUT2D eigenvalue weighted by molar-refractivity contribution is 14.1. The fraction of sp³-hybridized carbons (Fsp3) is 0.0769. The van der Waals surface area contributed by atoms with Crippen molar-refractivity contribution in [1.29, 1.82) is 0 Å². The molecule has 2 N–H and O–H groups in total. The third-order valence-corrected chi connectivity index (χ3v) is 3.47. The number of hydrogen-bond acceptors (Lipinski definition) is 3. The van der Waals surface area contributed by atoms with E-state index in [1.807, 2.05) is 12.1 Å². The maximum atomic E-state index is 11.2. The summed E-state index contributed by atoms with van der Waals surface area (Å²) in [5, 5.41) is 12.7. The molecular weight excluding hydrogens is 379 g/mol. The van der Waals surface area contributed by atoms with Crippen LogP contribution in [0.5, 0.6) is 0 Å². The molecule has 0 saturated carbocycles. The van der Waals surface area contributed by atoms with Gasteiger partial charge in [0.15, 0.2) is 0 Å². The summed E-state index contributed by atoms with van der Waals surface area (Å²) in [6, 6.07) is 7.17. The van der Waals surface area contributed by atoms with E-state index in [1.165, 1.54) is 6.20 Å². The van der Waals surface area contributed by atoms with Gasteiger partial charge >= 0.3 is 5.97 Å². The Morgan fingerprint density at radius 3 is 2.79 bits per heavy atom. The molecular formula is C13H10ClIN2O2. The minimum Gasteiger partial charge on any atom is -0.478 e. The molecule has 0 unspecified atom stereocenters. The summed E-state index contributed by atoms with van der Waals surface area (Å²) < 4.78 is 1.01. The number of halogens is 2. The van der Waals surface area contributed by atoms with Gasteiger partial charge in [0, 0.05) is 15.5 Å². The van der Waals surface area contributed by atoms with Crippen LogP contribution in [0, 0.1) is 10.5 Å². The first-order chi connectivity index (χ1) is 8.97. The van der Waals surface area contributed by atoms with E-state index in [4.69, 9.17) is 16.7 Å². The number of aromatic nitrogens is 1. The topological polar surface area (TPSA) is 62.2 Å². The SMILES string of the molecule is Cc1cc(Nc2cc(I)ccc2Cl)c(C(=O)O)cn1. The van der Waals surface area contributed by atoms with E-state index in [9.17, 15) is 4.79 Å². The summed E-state index contributed by atoms with van der Waals surface area (Å²) in [5.74, 6) is -1.03. The summed E-state index contributed by atoms with van der Waals surface area (Å²) in [5.41, 5.74) is 1.99. The van der Waals surface area contributed by atoms with Crippen molar-refractivity contribution in [2.24, 2.45) is 0 Å². The predicted molar refractivity (Wildman–Crippen MR) is 83.4 cm³/mol. The fourth-order valence-electron chi connectivity index (χ4n) is 1.57. The molecule has 0 atom stereocenters. The lowest BCUT2D eigenvalue weighted by molar-refractivity contribution is 0.0697. The zero-order valence-corrected chi connectivity index (χ0v) is 12.9. The Bertz CT molecular complexity index is 647. The van der Waals surface area contributed by atoms with E-state index < -0.39 is 5.97 Å². The van der Waals surface area contributed by atoms with E-state index in [0.29, 0.717) is 16.4 Å². The van der Waals surface area contributed by atoms with E-state index in [1.54, 1.807) is 19.1 Å². The van der Waals surface area contributed by atoms with E-state index in [-0.39, 0.29) is 5.56 Å². The molecule has 0 aliphatic heterocycles. The Kier molecular flexibility index (Phi) is 4.26. The standard InChI is InChI=1S/C13H10ClIN2O2/c1-7-4-11(9(6-16-7)13(18)19)17-12-5-8(15)2-3-10(12)14/h2-6H,1H3,(H,16,17)(H,18,19). The number of pyridine rings is 1. The molecule has 6 heteroatoms. The van der Waals surface area contributed by atoms with Crippen LogP contribution in [0.4, 0.5) is 11.4 Å². The lowest BCUT2D eigenvalue weighted by atomic mass is 10.2. The number of aromatic carboxylic acids is 1. The van der Waals surface area contributed by atoms with Gasteiger partial charge in [-0.2, -0.15) is 0 Å². The monoisotopic (exact) mass is 388 g/mol. The first-order valence-corrected chi connectivity index (χ1v) is 6.85. The van der Waals surface area contributed by atoms with Crippen molar-refractivity contribution >= 4 is 51.5 Å². The Balaban J connectivity index is 2.45. The summed E-state index contributed by atoms with van der Waals surface area (Å²) in [6.45, 7) is 1.80. The van der Waals surface area contributed by atoms with Crippen molar-refractivity contribution in [3.05, 3.63) is 50.3 Å². The van der Waals surface area contributed by atoms with E-state index >= 15 is 0 Å². The van der Waals surface area contributed by atoms with Crippen LogP contribution < -0.4 is 5.32 Å².